The highest BCUT2D eigenvalue weighted by atomic mass is 32.1. The summed E-state index contributed by atoms with van der Waals surface area (Å²) in [7, 11) is 0. The number of amides is 1. The van der Waals surface area contributed by atoms with Gasteiger partial charge in [0.2, 0.25) is 5.91 Å². The van der Waals surface area contributed by atoms with Gasteiger partial charge in [-0.1, -0.05) is 52.2 Å². The third-order valence-corrected chi connectivity index (χ3v) is 5.51. The number of aliphatic hydroxyl groups excluding tert-OH is 1. The van der Waals surface area contributed by atoms with Crippen LogP contribution in [0.2, 0.25) is 0 Å². The summed E-state index contributed by atoms with van der Waals surface area (Å²) in [5.74, 6) is -0.513. The van der Waals surface area contributed by atoms with E-state index >= 15 is 0 Å². The van der Waals surface area contributed by atoms with Gasteiger partial charge in [-0.25, -0.2) is 4.79 Å². The lowest BCUT2D eigenvalue weighted by Crippen LogP contribution is -2.55. The van der Waals surface area contributed by atoms with Gasteiger partial charge in [-0.2, -0.15) is 12.6 Å². The molecule has 7 nitrogen and oxygen atoms in total. The molecule has 0 radical (unpaired) electrons. The van der Waals surface area contributed by atoms with E-state index in [0.29, 0.717) is 31.1 Å². The summed E-state index contributed by atoms with van der Waals surface area (Å²) in [6, 6.07) is 0.0327. The fraction of sp³-hybridized carbons (Fsp3) is 0.800. The van der Waals surface area contributed by atoms with Gasteiger partial charge in [-0.3, -0.25) is 4.79 Å². The smallest absolute Gasteiger partial charge is 0.329 e. The molecule has 0 aliphatic heterocycles. The number of carboxylic acid groups (broad SMARTS) is 1. The highest BCUT2D eigenvalue weighted by molar-refractivity contribution is 7.80. The first-order valence-electron chi connectivity index (χ1n) is 10.2. The van der Waals surface area contributed by atoms with Crippen LogP contribution in [0.25, 0.3) is 0 Å². The second-order valence-electron chi connectivity index (χ2n) is 7.41. The summed E-state index contributed by atoms with van der Waals surface area (Å²) >= 11 is 4.19. The quantitative estimate of drug-likeness (QED) is 0.168. The molecule has 28 heavy (non-hydrogen) atoms. The predicted molar refractivity (Wildman–Crippen MR) is 117 cm³/mol. The highest BCUT2D eigenvalue weighted by Gasteiger charge is 2.38. The second kappa shape index (κ2) is 14.8. The molecule has 0 fully saturated rings. The molecule has 0 saturated carbocycles. The van der Waals surface area contributed by atoms with Crippen molar-refractivity contribution in [2.24, 2.45) is 11.7 Å². The van der Waals surface area contributed by atoms with Crippen molar-refractivity contribution in [3.8, 4) is 0 Å². The summed E-state index contributed by atoms with van der Waals surface area (Å²) in [4.78, 5) is 24.1. The minimum Gasteiger partial charge on any atom is -0.480 e. The van der Waals surface area contributed by atoms with Crippen molar-refractivity contribution in [1.82, 2.24) is 10.6 Å². The Hall–Kier alpha value is -1.09. The molecule has 0 aromatic carbocycles. The molecule has 0 spiro atoms. The van der Waals surface area contributed by atoms with Gasteiger partial charge in [-0.15, -0.1) is 0 Å². The molecule has 8 heteroatoms. The Morgan fingerprint density at radius 2 is 1.96 bits per heavy atom. The number of aliphatic carboxylic acids is 1. The van der Waals surface area contributed by atoms with Gasteiger partial charge >= 0.3 is 5.97 Å². The Morgan fingerprint density at radius 3 is 2.46 bits per heavy atom. The number of thiol groups is 1. The number of aliphatic hydroxyl groups is 1. The normalized spacial score (nSPS) is 17.1. The molecule has 0 heterocycles. The van der Waals surface area contributed by atoms with Crippen LogP contribution < -0.4 is 16.4 Å². The number of carbonyl (C=O) groups excluding carboxylic acids is 1. The molecular formula is C20H39N3O4S. The van der Waals surface area contributed by atoms with Crippen molar-refractivity contribution >= 4 is 24.5 Å². The molecule has 0 aromatic rings. The number of nitrogens with two attached hydrogens (primary N) is 1. The van der Waals surface area contributed by atoms with Crippen LogP contribution in [0.3, 0.4) is 0 Å². The van der Waals surface area contributed by atoms with Crippen LogP contribution in [0.5, 0.6) is 0 Å². The molecule has 0 unspecified atom stereocenters. The van der Waals surface area contributed by atoms with Crippen LogP contribution in [-0.2, 0) is 9.59 Å². The number of carboxylic acids is 1. The first-order chi connectivity index (χ1) is 13.3. The first kappa shape index (κ1) is 26.9. The zero-order valence-electron chi connectivity index (χ0n) is 17.5. The van der Waals surface area contributed by atoms with Gasteiger partial charge in [0.25, 0.3) is 0 Å². The fourth-order valence-electron chi connectivity index (χ4n) is 2.89. The SMILES string of the molecule is CCCC[C@@](CCO)(NC(=O)C/C=C/[C@@H](NC[C@@H](N)CS)[C@@H](C)CC)C(=O)O. The van der Waals surface area contributed by atoms with E-state index in [1.165, 1.54) is 0 Å². The van der Waals surface area contributed by atoms with Crippen molar-refractivity contribution in [3.63, 3.8) is 0 Å². The van der Waals surface area contributed by atoms with Crippen molar-refractivity contribution in [1.29, 1.82) is 0 Å². The Labute approximate surface area is 174 Å². The molecule has 0 saturated heterocycles. The number of nitrogens with one attached hydrogen (secondary N) is 2. The molecule has 6 N–H and O–H groups in total. The molecule has 4 atom stereocenters. The topological polar surface area (TPSA) is 125 Å². The number of carbonyl (C=O) groups is 2. The van der Waals surface area contributed by atoms with Crippen LogP contribution in [0.1, 0.15) is 59.3 Å². The van der Waals surface area contributed by atoms with E-state index in [4.69, 9.17) is 5.73 Å². The Bertz CT molecular complexity index is 490. The molecule has 1 amide bonds. The maximum Gasteiger partial charge on any atom is 0.329 e. The summed E-state index contributed by atoms with van der Waals surface area (Å²) in [5.41, 5.74) is 4.49. The van der Waals surface area contributed by atoms with E-state index in [1.54, 1.807) is 6.08 Å². The highest BCUT2D eigenvalue weighted by Crippen LogP contribution is 2.20. The summed E-state index contributed by atoms with van der Waals surface area (Å²) in [6.45, 7) is 6.51. The van der Waals surface area contributed by atoms with Gasteiger partial charge in [0.1, 0.15) is 5.54 Å². The number of rotatable bonds is 16. The first-order valence-corrected chi connectivity index (χ1v) is 10.8. The Morgan fingerprint density at radius 1 is 1.29 bits per heavy atom. The van der Waals surface area contributed by atoms with Crippen LogP contribution in [0.15, 0.2) is 12.2 Å². The molecule has 0 rings (SSSR count). The van der Waals surface area contributed by atoms with Crippen LogP contribution in [-0.4, -0.2) is 58.6 Å². The largest absolute Gasteiger partial charge is 0.480 e. The molecular weight excluding hydrogens is 378 g/mol. The van der Waals surface area contributed by atoms with Gasteiger partial charge in [0.15, 0.2) is 0 Å². The van der Waals surface area contributed by atoms with Crippen molar-refractivity contribution < 1.29 is 19.8 Å². The van der Waals surface area contributed by atoms with Crippen molar-refractivity contribution in [2.75, 3.05) is 18.9 Å². The third-order valence-electron chi connectivity index (χ3n) is 5.04. The van der Waals surface area contributed by atoms with E-state index in [-0.39, 0.29) is 37.4 Å². The lowest BCUT2D eigenvalue weighted by Gasteiger charge is -2.30. The van der Waals surface area contributed by atoms with E-state index in [9.17, 15) is 19.8 Å². The van der Waals surface area contributed by atoms with Crippen LogP contribution in [0, 0.1) is 5.92 Å². The minimum atomic E-state index is -1.41. The lowest BCUT2D eigenvalue weighted by molar-refractivity contribution is -0.148. The zero-order chi connectivity index (χ0) is 21.6. The number of hydrogen-bond donors (Lipinski definition) is 6. The molecule has 0 aliphatic carbocycles. The van der Waals surface area contributed by atoms with Gasteiger partial charge in [-0.05, 0) is 12.3 Å². The van der Waals surface area contributed by atoms with Gasteiger partial charge < -0.3 is 26.6 Å². The molecule has 164 valence electrons. The Kier molecular flexibility index (Phi) is 14.3. The van der Waals surface area contributed by atoms with Crippen molar-refractivity contribution in [2.45, 2.75) is 76.9 Å². The van der Waals surface area contributed by atoms with Crippen LogP contribution >= 0.6 is 12.6 Å². The average Bonchev–Trinajstić information content (AvgIpc) is 2.67. The average molecular weight is 418 g/mol. The van der Waals surface area contributed by atoms with Crippen LogP contribution in [0.4, 0.5) is 0 Å². The fourth-order valence-corrected chi connectivity index (χ4v) is 3.02. The van der Waals surface area contributed by atoms with E-state index in [2.05, 4.69) is 37.1 Å². The zero-order valence-corrected chi connectivity index (χ0v) is 18.4. The standard InChI is InChI=1S/C20H39N3O4S/c1-4-6-10-20(11-12-24,19(26)27)23-18(25)9-7-8-17(15(3)5-2)22-13-16(21)14-28/h7-8,15-17,22,24,28H,4-6,9-14,21H2,1-3H3,(H,23,25)(H,26,27)/b8-7+/t15-,16+,17+,20-/m0/s1. The van der Waals surface area contributed by atoms with Gasteiger partial charge in [0, 0.05) is 43.8 Å². The number of unbranched alkanes of at least 4 members (excludes halogenated alkanes) is 1. The lowest BCUT2D eigenvalue weighted by atomic mass is 9.89. The minimum absolute atomic E-state index is 0.00352. The third kappa shape index (κ3) is 9.91. The molecule has 0 bridgehead atoms. The predicted octanol–water partition coefficient (Wildman–Crippen LogP) is 1.71. The molecule has 0 aromatic heterocycles. The van der Waals surface area contributed by atoms with Crippen molar-refractivity contribution in [3.05, 3.63) is 12.2 Å². The second-order valence-corrected chi connectivity index (χ2v) is 7.77. The molecule has 0 aliphatic rings. The number of hydrogen-bond acceptors (Lipinski definition) is 6. The monoisotopic (exact) mass is 417 g/mol. The summed E-state index contributed by atoms with van der Waals surface area (Å²) in [6.07, 6.45) is 6.53. The van der Waals surface area contributed by atoms with E-state index < -0.39 is 11.5 Å². The Balaban J connectivity index is 4.96. The van der Waals surface area contributed by atoms with E-state index in [0.717, 1.165) is 12.8 Å². The van der Waals surface area contributed by atoms with E-state index in [1.807, 2.05) is 13.0 Å². The summed E-state index contributed by atoms with van der Waals surface area (Å²) < 4.78 is 0. The van der Waals surface area contributed by atoms with Gasteiger partial charge in [0.05, 0.1) is 0 Å². The summed E-state index contributed by atoms with van der Waals surface area (Å²) in [5, 5.41) is 24.9. The maximum absolute atomic E-state index is 12.4. The maximum atomic E-state index is 12.4.